The molecule has 51 heavy (non-hydrogen) atoms. The summed E-state index contributed by atoms with van der Waals surface area (Å²) in [4.78, 5) is 66.5. The minimum atomic E-state index is -1.02. The third-order valence-corrected chi connectivity index (χ3v) is 10.1. The Kier molecular flexibility index (Phi) is 11.0. The monoisotopic (exact) mass is 744 g/mol. The smallest absolute Gasteiger partial charge is 0.356 e. The van der Waals surface area contributed by atoms with E-state index in [-0.39, 0.29) is 40.4 Å². The molecular formula is C33H28N8O7S3. The molecule has 4 aromatic rings. The van der Waals surface area contributed by atoms with Crippen molar-refractivity contribution in [1.82, 2.24) is 24.6 Å². The highest BCUT2D eigenvalue weighted by Crippen LogP contribution is 2.42. The lowest BCUT2D eigenvalue weighted by Crippen LogP contribution is -2.71. The molecule has 260 valence electrons. The molecule has 1 fully saturated rings. The molecule has 2 aromatic carbocycles. The topological polar surface area (TPSA) is 205 Å². The summed E-state index contributed by atoms with van der Waals surface area (Å²) in [6.45, 7) is 1.86. The van der Waals surface area contributed by atoms with E-state index in [1.165, 1.54) is 40.6 Å². The third-order valence-electron chi connectivity index (χ3n) is 7.45. The number of nitrogen functional groups attached to an aromatic ring is 1. The van der Waals surface area contributed by atoms with Crippen LogP contribution in [0.2, 0.25) is 0 Å². The molecule has 18 heteroatoms. The summed E-state index contributed by atoms with van der Waals surface area (Å²) in [7, 11) is 0. The van der Waals surface area contributed by atoms with Gasteiger partial charge in [-0.1, -0.05) is 77.6 Å². The number of fused-ring (bicyclic) bond motifs is 1. The number of benzene rings is 2. The number of nitrogens with one attached hydrogen (secondary N) is 1. The highest BCUT2D eigenvalue weighted by Gasteiger charge is 2.55. The molecule has 0 saturated carbocycles. The van der Waals surface area contributed by atoms with Crippen molar-refractivity contribution in [3.8, 4) is 0 Å². The van der Waals surface area contributed by atoms with E-state index in [1.54, 1.807) is 18.4 Å². The number of hydrogen-bond donors (Lipinski definition) is 2. The van der Waals surface area contributed by atoms with Crippen molar-refractivity contribution in [2.24, 2.45) is 5.16 Å². The van der Waals surface area contributed by atoms with E-state index in [4.69, 9.17) is 15.3 Å². The van der Waals surface area contributed by atoms with Gasteiger partial charge in [-0.2, -0.15) is 9.36 Å². The first kappa shape index (κ1) is 35.2. The Balaban J connectivity index is 1.29. The van der Waals surface area contributed by atoms with E-state index in [0.717, 1.165) is 28.9 Å². The number of rotatable bonds is 13. The van der Waals surface area contributed by atoms with Crippen LogP contribution in [0.4, 0.5) is 10.8 Å². The van der Waals surface area contributed by atoms with Gasteiger partial charge in [0.05, 0.1) is 4.92 Å². The molecule has 6 rings (SSSR count). The SMILES string of the molecule is CCO/N=C(/C(=O)NC1C(=O)N2C(C(=O)OC(c3ccccc3)c3ccccc3)=C(/C=C/Sc3ccc([N+](=O)[O-])cn3)CSC12)c1nsc(N)n1. The zero-order chi connectivity index (χ0) is 35.9. The fourth-order valence-electron chi connectivity index (χ4n) is 5.10. The number of carbonyl (C=O) groups excluding carboxylic acids is 3. The number of oxime groups is 1. The maximum Gasteiger partial charge on any atom is 0.356 e. The van der Waals surface area contributed by atoms with E-state index in [2.05, 4.69) is 24.8 Å². The fraction of sp³-hybridized carbons (Fsp3) is 0.182. The van der Waals surface area contributed by atoms with E-state index >= 15 is 0 Å². The van der Waals surface area contributed by atoms with Crippen molar-refractivity contribution in [2.75, 3.05) is 18.1 Å². The van der Waals surface area contributed by atoms with Crippen LogP contribution in [0, 0.1) is 10.1 Å². The van der Waals surface area contributed by atoms with Crippen LogP contribution in [-0.2, 0) is 24.0 Å². The van der Waals surface area contributed by atoms with Crippen molar-refractivity contribution in [1.29, 1.82) is 0 Å². The number of allylic oxidation sites excluding steroid dienone is 1. The van der Waals surface area contributed by atoms with Crippen LogP contribution in [-0.4, -0.2) is 71.4 Å². The number of anilines is 1. The first-order valence-corrected chi connectivity index (χ1v) is 18.0. The Labute approximate surface area is 303 Å². The third kappa shape index (κ3) is 7.92. The van der Waals surface area contributed by atoms with Crippen molar-refractivity contribution in [2.45, 2.75) is 29.5 Å². The normalized spacial score (nSPS) is 17.3. The number of aromatic nitrogens is 3. The van der Waals surface area contributed by atoms with Gasteiger partial charge in [0.1, 0.15) is 34.9 Å². The Bertz CT molecular complexity index is 1980. The minimum absolute atomic E-state index is 0.0248. The summed E-state index contributed by atoms with van der Waals surface area (Å²) in [5.74, 6) is -1.80. The Morgan fingerprint density at radius 3 is 2.45 bits per heavy atom. The lowest BCUT2D eigenvalue weighted by molar-refractivity contribution is -0.385. The molecule has 0 spiro atoms. The van der Waals surface area contributed by atoms with Crippen LogP contribution in [0.1, 0.15) is 30.0 Å². The Hall–Kier alpha value is -5.59. The number of ether oxygens (including phenoxy) is 1. The fourth-order valence-corrected chi connectivity index (χ4v) is 7.48. The molecule has 2 amide bonds. The molecule has 0 radical (unpaired) electrons. The molecule has 2 atom stereocenters. The van der Waals surface area contributed by atoms with Crippen LogP contribution >= 0.6 is 35.1 Å². The van der Waals surface area contributed by atoms with E-state index in [1.807, 2.05) is 60.7 Å². The Morgan fingerprint density at radius 2 is 1.86 bits per heavy atom. The number of carbonyl (C=O) groups is 3. The molecule has 0 aliphatic carbocycles. The van der Waals surface area contributed by atoms with Gasteiger partial charge < -0.3 is 20.6 Å². The Morgan fingerprint density at radius 1 is 1.16 bits per heavy atom. The first-order valence-electron chi connectivity index (χ1n) is 15.3. The van der Waals surface area contributed by atoms with Gasteiger partial charge in [-0.05, 0) is 41.2 Å². The summed E-state index contributed by atoms with van der Waals surface area (Å²) in [6.07, 6.45) is 2.05. The summed E-state index contributed by atoms with van der Waals surface area (Å²) < 4.78 is 10.2. The van der Waals surface area contributed by atoms with Gasteiger partial charge in [-0.15, -0.1) is 11.8 Å². The second-order valence-electron chi connectivity index (χ2n) is 10.7. The maximum absolute atomic E-state index is 14.2. The first-order chi connectivity index (χ1) is 24.7. The summed E-state index contributed by atoms with van der Waals surface area (Å²) in [5.41, 5.74) is 7.30. The van der Waals surface area contributed by atoms with Gasteiger partial charge in [0, 0.05) is 23.4 Å². The van der Waals surface area contributed by atoms with Gasteiger partial charge in [-0.25, -0.2) is 9.78 Å². The van der Waals surface area contributed by atoms with Crippen LogP contribution in [0.25, 0.3) is 0 Å². The molecule has 2 aliphatic heterocycles. The molecular weight excluding hydrogens is 717 g/mol. The van der Waals surface area contributed by atoms with Gasteiger partial charge in [0.25, 0.3) is 17.5 Å². The lowest BCUT2D eigenvalue weighted by atomic mass is 10.0. The molecule has 15 nitrogen and oxygen atoms in total. The number of esters is 1. The highest BCUT2D eigenvalue weighted by atomic mass is 32.2. The summed E-state index contributed by atoms with van der Waals surface area (Å²) in [6, 6.07) is 20.3. The van der Waals surface area contributed by atoms with Crippen LogP contribution in [0.3, 0.4) is 0 Å². The number of amides is 2. The number of hydrogen-bond acceptors (Lipinski definition) is 15. The van der Waals surface area contributed by atoms with Crippen molar-refractivity contribution in [3.63, 3.8) is 0 Å². The average Bonchev–Trinajstić information content (AvgIpc) is 3.58. The summed E-state index contributed by atoms with van der Waals surface area (Å²) in [5, 5.41) is 19.2. The number of β-lactam (4-membered cyclic amide) rings is 1. The van der Waals surface area contributed by atoms with Crippen LogP contribution in [0.15, 0.2) is 112 Å². The number of nitrogens with zero attached hydrogens (tertiary/aromatic N) is 6. The van der Waals surface area contributed by atoms with Gasteiger partial charge in [-0.3, -0.25) is 24.6 Å². The molecule has 2 unspecified atom stereocenters. The predicted octanol–water partition coefficient (Wildman–Crippen LogP) is 4.46. The molecule has 2 aromatic heterocycles. The van der Waals surface area contributed by atoms with Gasteiger partial charge in [0.2, 0.25) is 11.5 Å². The number of nitro groups is 1. The average molecular weight is 745 g/mol. The number of nitrogens with two attached hydrogens (primary N) is 1. The van der Waals surface area contributed by atoms with Crippen LogP contribution < -0.4 is 11.1 Å². The minimum Gasteiger partial charge on any atom is -0.448 e. The number of pyridine rings is 1. The molecule has 2 aliphatic rings. The largest absolute Gasteiger partial charge is 0.448 e. The predicted molar refractivity (Wildman–Crippen MR) is 191 cm³/mol. The summed E-state index contributed by atoms with van der Waals surface area (Å²) >= 11 is 3.40. The van der Waals surface area contributed by atoms with E-state index < -0.39 is 40.2 Å². The zero-order valence-electron chi connectivity index (χ0n) is 26.6. The van der Waals surface area contributed by atoms with Gasteiger partial charge >= 0.3 is 5.97 Å². The van der Waals surface area contributed by atoms with Crippen molar-refractivity contribution < 1.29 is 28.9 Å². The number of thioether (sulfide) groups is 2. The second kappa shape index (κ2) is 16.0. The van der Waals surface area contributed by atoms with E-state index in [0.29, 0.717) is 10.6 Å². The van der Waals surface area contributed by atoms with E-state index in [9.17, 15) is 24.5 Å². The van der Waals surface area contributed by atoms with Crippen molar-refractivity contribution >= 4 is 69.4 Å². The standard InChI is InChI=1S/C33H28N8O7S3/c1-2-47-38-24(28-37-33(34)51-39-28)29(42)36-25-30(43)40-26(32(44)48-27(19-9-5-3-6-10-19)20-11-7-4-8-12-20)21(18-50-31(25)40)15-16-49-23-14-13-22(17-35-23)41(45)46/h3-17,25,27,31H,2,18H2,1H3,(H,36,42)(H2,34,37,39)/b16-15+,38-24+. The molecule has 0 bridgehead atoms. The second-order valence-corrected chi connectivity index (χ2v) is 13.5. The highest BCUT2D eigenvalue weighted by molar-refractivity contribution is 8.02. The van der Waals surface area contributed by atoms with Crippen molar-refractivity contribution in [3.05, 3.63) is 129 Å². The maximum atomic E-state index is 14.2. The zero-order valence-corrected chi connectivity index (χ0v) is 29.1. The molecule has 3 N–H and O–H groups in total. The quantitative estimate of drug-likeness (QED) is 0.0485. The lowest BCUT2D eigenvalue weighted by Gasteiger charge is -2.49. The molecule has 1 saturated heterocycles. The molecule has 4 heterocycles. The van der Waals surface area contributed by atoms with Gasteiger partial charge in [0.15, 0.2) is 11.2 Å². The van der Waals surface area contributed by atoms with Crippen LogP contribution in [0.5, 0.6) is 0 Å².